The van der Waals surface area contributed by atoms with E-state index >= 15 is 0 Å². The molecule has 0 bridgehead atoms. The number of hydrogen-bond acceptors (Lipinski definition) is 3. The summed E-state index contributed by atoms with van der Waals surface area (Å²) in [6.45, 7) is 10.2. The maximum atomic E-state index is 5.19. The van der Waals surface area contributed by atoms with Crippen LogP contribution in [0.4, 0.5) is 0 Å². The first-order valence-corrected chi connectivity index (χ1v) is 6.35. The van der Waals surface area contributed by atoms with E-state index < -0.39 is 0 Å². The van der Waals surface area contributed by atoms with Crippen LogP contribution in [-0.2, 0) is 4.74 Å². The topological polar surface area (TPSA) is 24.5 Å². The van der Waals surface area contributed by atoms with E-state index in [1.807, 2.05) is 0 Å². The largest absolute Gasteiger partial charge is 0.378 e. The van der Waals surface area contributed by atoms with Gasteiger partial charge < -0.3 is 15.0 Å². The van der Waals surface area contributed by atoms with Crippen LogP contribution in [0.1, 0.15) is 26.7 Å². The van der Waals surface area contributed by atoms with Gasteiger partial charge in [0.25, 0.3) is 0 Å². The zero-order chi connectivity index (χ0) is 10.7. The van der Waals surface area contributed by atoms with Crippen LogP contribution in [0.2, 0.25) is 0 Å². The fraction of sp³-hybridized carbons (Fsp3) is 1.00. The quantitative estimate of drug-likeness (QED) is 0.755. The summed E-state index contributed by atoms with van der Waals surface area (Å²) >= 11 is 0. The highest BCUT2D eigenvalue weighted by atomic mass is 16.5. The summed E-state index contributed by atoms with van der Waals surface area (Å²) < 4.78 is 5.19. The normalized spacial score (nSPS) is 31.2. The maximum Gasteiger partial charge on any atom is 0.0643 e. The van der Waals surface area contributed by atoms with Crippen molar-refractivity contribution in [1.29, 1.82) is 0 Å². The molecule has 2 aliphatic heterocycles. The molecule has 2 heterocycles. The molecule has 2 saturated heterocycles. The second kappa shape index (κ2) is 5.28. The zero-order valence-electron chi connectivity index (χ0n) is 10.0. The van der Waals surface area contributed by atoms with Gasteiger partial charge in [-0.1, -0.05) is 6.92 Å². The molecule has 3 nitrogen and oxygen atoms in total. The number of likely N-dealkylation sites (tertiary alicyclic amines) is 1. The Bertz CT molecular complexity index is 194. The second-order valence-corrected chi connectivity index (χ2v) is 4.99. The van der Waals surface area contributed by atoms with E-state index in [2.05, 4.69) is 24.1 Å². The molecule has 15 heavy (non-hydrogen) atoms. The Kier molecular flexibility index (Phi) is 4.00. The third-order valence-corrected chi connectivity index (χ3v) is 3.83. The van der Waals surface area contributed by atoms with Gasteiger partial charge in [0.15, 0.2) is 0 Å². The molecule has 2 fully saturated rings. The Morgan fingerprint density at radius 1 is 1.47 bits per heavy atom. The van der Waals surface area contributed by atoms with E-state index in [0.717, 1.165) is 19.1 Å². The van der Waals surface area contributed by atoms with Gasteiger partial charge in [0, 0.05) is 12.6 Å². The van der Waals surface area contributed by atoms with Gasteiger partial charge >= 0.3 is 0 Å². The lowest BCUT2D eigenvalue weighted by atomic mass is 9.91. The Balaban J connectivity index is 1.75. The van der Waals surface area contributed by atoms with Crippen molar-refractivity contribution in [3.8, 4) is 0 Å². The summed E-state index contributed by atoms with van der Waals surface area (Å²) in [7, 11) is 0. The van der Waals surface area contributed by atoms with Gasteiger partial charge in [0.2, 0.25) is 0 Å². The van der Waals surface area contributed by atoms with Crippen LogP contribution in [-0.4, -0.2) is 49.8 Å². The SMILES string of the molecule is CCN1CCCC(C(C)NC2COC2)C1. The Labute approximate surface area is 93.2 Å². The first-order chi connectivity index (χ1) is 7.29. The third kappa shape index (κ3) is 2.92. The summed E-state index contributed by atoms with van der Waals surface area (Å²) in [6, 6.07) is 1.27. The van der Waals surface area contributed by atoms with Crippen molar-refractivity contribution in [3.63, 3.8) is 0 Å². The van der Waals surface area contributed by atoms with Crippen molar-refractivity contribution in [2.24, 2.45) is 5.92 Å². The van der Waals surface area contributed by atoms with Gasteiger partial charge in [-0.2, -0.15) is 0 Å². The Hall–Kier alpha value is -0.120. The lowest BCUT2D eigenvalue weighted by molar-refractivity contribution is -0.0145. The Morgan fingerprint density at radius 3 is 2.87 bits per heavy atom. The minimum atomic E-state index is 0.622. The van der Waals surface area contributed by atoms with E-state index in [0.29, 0.717) is 12.1 Å². The van der Waals surface area contributed by atoms with Gasteiger partial charge in [-0.25, -0.2) is 0 Å². The molecule has 3 heteroatoms. The fourth-order valence-electron chi connectivity index (χ4n) is 2.63. The van der Waals surface area contributed by atoms with E-state index in [9.17, 15) is 0 Å². The first kappa shape index (κ1) is 11.4. The van der Waals surface area contributed by atoms with Crippen LogP contribution in [0.25, 0.3) is 0 Å². The number of nitrogens with one attached hydrogen (secondary N) is 1. The summed E-state index contributed by atoms with van der Waals surface area (Å²) in [4.78, 5) is 2.57. The molecule has 88 valence electrons. The first-order valence-electron chi connectivity index (χ1n) is 6.35. The molecule has 2 rings (SSSR count). The van der Waals surface area contributed by atoms with Crippen molar-refractivity contribution in [2.75, 3.05) is 32.8 Å². The van der Waals surface area contributed by atoms with Crippen LogP contribution in [0, 0.1) is 5.92 Å². The van der Waals surface area contributed by atoms with Crippen LogP contribution in [0.5, 0.6) is 0 Å². The van der Waals surface area contributed by atoms with Crippen molar-refractivity contribution >= 4 is 0 Å². The molecule has 0 spiro atoms. The van der Waals surface area contributed by atoms with Gasteiger partial charge in [-0.3, -0.25) is 0 Å². The number of ether oxygens (including phenoxy) is 1. The van der Waals surface area contributed by atoms with Crippen molar-refractivity contribution in [1.82, 2.24) is 10.2 Å². The standard InChI is InChI=1S/C12H24N2O/c1-3-14-6-4-5-11(7-14)10(2)13-12-8-15-9-12/h10-13H,3-9H2,1-2H3. The average molecular weight is 212 g/mol. The van der Waals surface area contributed by atoms with E-state index in [4.69, 9.17) is 4.74 Å². The van der Waals surface area contributed by atoms with Crippen molar-refractivity contribution in [2.45, 2.75) is 38.8 Å². The van der Waals surface area contributed by atoms with Crippen molar-refractivity contribution < 1.29 is 4.74 Å². The predicted octanol–water partition coefficient (Wildman–Crippen LogP) is 1.10. The zero-order valence-corrected chi connectivity index (χ0v) is 10.0. The number of piperidine rings is 1. The summed E-state index contributed by atoms with van der Waals surface area (Å²) in [5, 5.41) is 3.68. The van der Waals surface area contributed by atoms with Crippen LogP contribution >= 0.6 is 0 Å². The molecule has 2 atom stereocenters. The highest BCUT2D eigenvalue weighted by Crippen LogP contribution is 2.20. The minimum absolute atomic E-state index is 0.622. The van der Waals surface area contributed by atoms with Gasteiger partial charge in [0.05, 0.1) is 19.3 Å². The van der Waals surface area contributed by atoms with Crippen LogP contribution in [0.15, 0.2) is 0 Å². The van der Waals surface area contributed by atoms with Gasteiger partial charge in [-0.05, 0) is 38.8 Å². The van der Waals surface area contributed by atoms with E-state index in [-0.39, 0.29) is 0 Å². The van der Waals surface area contributed by atoms with Crippen molar-refractivity contribution in [3.05, 3.63) is 0 Å². The minimum Gasteiger partial charge on any atom is -0.378 e. The fourth-order valence-corrected chi connectivity index (χ4v) is 2.63. The molecule has 1 N–H and O–H groups in total. The highest BCUT2D eigenvalue weighted by molar-refractivity contribution is 4.84. The Morgan fingerprint density at radius 2 is 2.27 bits per heavy atom. The molecule has 0 aromatic heterocycles. The summed E-state index contributed by atoms with van der Waals surface area (Å²) in [5.41, 5.74) is 0. The molecule has 0 aromatic rings. The average Bonchev–Trinajstić information content (AvgIpc) is 2.23. The molecule has 0 saturated carbocycles. The smallest absolute Gasteiger partial charge is 0.0643 e. The number of rotatable bonds is 4. The maximum absolute atomic E-state index is 5.19. The molecule has 0 aromatic carbocycles. The van der Waals surface area contributed by atoms with Gasteiger partial charge in [0.1, 0.15) is 0 Å². The molecule has 2 unspecified atom stereocenters. The lowest BCUT2D eigenvalue weighted by Gasteiger charge is -2.38. The lowest BCUT2D eigenvalue weighted by Crippen LogP contribution is -2.53. The van der Waals surface area contributed by atoms with E-state index in [1.54, 1.807) is 0 Å². The molecular formula is C12H24N2O. The second-order valence-electron chi connectivity index (χ2n) is 4.99. The monoisotopic (exact) mass is 212 g/mol. The highest BCUT2D eigenvalue weighted by Gasteiger charge is 2.27. The van der Waals surface area contributed by atoms with Crippen LogP contribution < -0.4 is 5.32 Å². The van der Waals surface area contributed by atoms with E-state index in [1.165, 1.54) is 32.5 Å². The third-order valence-electron chi connectivity index (χ3n) is 3.83. The van der Waals surface area contributed by atoms with Crippen LogP contribution in [0.3, 0.4) is 0 Å². The van der Waals surface area contributed by atoms with Gasteiger partial charge in [-0.15, -0.1) is 0 Å². The summed E-state index contributed by atoms with van der Waals surface area (Å²) in [6.07, 6.45) is 2.75. The number of hydrogen-bond donors (Lipinski definition) is 1. The number of nitrogens with zero attached hydrogens (tertiary/aromatic N) is 1. The molecule has 0 amide bonds. The predicted molar refractivity (Wildman–Crippen MR) is 62.0 cm³/mol. The molecule has 0 aliphatic carbocycles. The molecular weight excluding hydrogens is 188 g/mol. The molecule has 2 aliphatic rings. The summed E-state index contributed by atoms with van der Waals surface area (Å²) in [5.74, 6) is 0.833. The molecule has 0 radical (unpaired) electrons.